The number of anilines is 1. The Morgan fingerprint density at radius 1 is 1.11 bits per heavy atom. The van der Waals surface area contributed by atoms with Crippen molar-refractivity contribution in [3.05, 3.63) is 65.0 Å². The van der Waals surface area contributed by atoms with Crippen LogP contribution in [0.15, 0.2) is 42.5 Å². The Morgan fingerprint density at radius 3 is 2.46 bits per heavy atom. The van der Waals surface area contributed by atoms with E-state index in [2.05, 4.69) is 5.32 Å². The molecule has 0 fully saturated rings. The molecule has 0 bridgehead atoms. The number of nitrogens with zero attached hydrogens (tertiary/aromatic N) is 2. The van der Waals surface area contributed by atoms with E-state index in [1.807, 2.05) is 6.07 Å². The van der Waals surface area contributed by atoms with Crippen LogP contribution in [0.5, 0.6) is 0 Å². The van der Waals surface area contributed by atoms with Crippen molar-refractivity contribution >= 4 is 23.4 Å². The molecule has 2 aromatic carbocycles. The Labute approximate surface area is 162 Å². The largest absolute Gasteiger partial charge is 0.347 e. The molecule has 6 nitrogen and oxygen atoms in total. The van der Waals surface area contributed by atoms with Gasteiger partial charge in [0.15, 0.2) is 0 Å². The zero-order chi connectivity index (χ0) is 20.4. The van der Waals surface area contributed by atoms with Gasteiger partial charge in [0.05, 0.1) is 5.56 Å². The first-order valence-electron chi connectivity index (χ1n) is 8.94. The van der Waals surface area contributed by atoms with E-state index in [1.165, 1.54) is 34.9 Å². The highest BCUT2D eigenvalue weighted by molar-refractivity contribution is 5.98. The lowest BCUT2D eigenvalue weighted by Gasteiger charge is -2.37. The number of halogens is 1. The molecular formula is C21H22FN3O3. The Kier molecular flexibility index (Phi) is 5.44. The van der Waals surface area contributed by atoms with Crippen LogP contribution in [-0.4, -0.2) is 47.7 Å². The highest BCUT2D eigenvalue weighted by Crippen LogP contribution is 2.28. The van der Waals surface area contributed by atoms with Crippen LogP contribution >= 0.6 is 0 Å². The summed E-state index contributed by atoms with van der Waals surface area (Å²) in [7, 11) is 3.26. The predicted octanol–water partition coefficient (Wildman–Crippen LogP) is 2.44. The van der Waals surface area contributed by atoms with Crippen LogP contribution in [0.1, 0.15) is 28.4 Å². The summed E-state index contributed by atoms with van der Waals surface area (Å²) in [6, 6.07) is 10.4. The molecule has 3 rings (SSSR count). The van der Waals surface area contributed by atoms with Gasteiger partial charge in [-0.25, -0.2) is 4.39 Å². The number of benzene rings is 2. The van der Waals surface area contributed by atoms with E-state index < -0.39 is 17.8 Å². The normalized spacial score (nSPS) is 15.6. The van der Waals surface area contributed by atoms with E-state index in [-0.39, 0.29) is 23.9 Å². The van der Waals surface area contributed by atoms with E-state index >= 15 is 0 Å². The van der Waals surface area contributed by atoms with E-state index in [9.17, 15) is 18.8 Å². The monoisotopic (exact) mass is 383 g/mol. The van der Waals surface area contributed by atoms with Gasteiger partial charge in [0, 0.05) is 39.7 Å². The maximum atomic E-state index is 14.2. The summed E-state index contributed by atoms with van der Waals surface area (Å²) in [6.45, 7) is 1.57. The van der Waals surface area contributed by atoms with Crippen molar-refractivity contribution in [3.8, 4) is 0 Å². The van der Waals surface area contributed by atoms with Crippen molar-refractivity contribution in [2.45, 2.75) is 25.9 Å². The standard InChI is InChI=1S/C21H22FN3O3/c1-13(26)23-16-9-8-14-11-19(21(28)24(2)3)25(12-15(14)10-16)20(27)17-6-4-5-7-18(17)22/h4-10,19H,11-12H2,1-3H3,(H,23,26)/t19-/m1/s1. The van der Waals surface area contributed by atoms with Crippen molar-refractivity contribution in [1.82, 2.24) is 9.80 Å². The predicted molar refractivity (Wildman–Crippen MR) is 103 cm³/mol. The maximum Gasteiger partial charge on any atom is 0.257 e. The lowest BCUT2D eigenvalue weighted by Crippen LogP contribution is -2.52. The lowest BCUT2D eigenvalue weighted by atomic mass is 9.92. The highest BCUT2D eigenvalue weighted by atomic mass is 19.1. The minimum atomic E-state index is -0.721. The molecule has 2 aromatic rings. The molecule has 0 radical (unpaired) electrons. The maximum absolute atomic E-state index is 14.2. The Bertz CT molecular complexity index is 942. The van der Waals surface area contributed by atoms with Gasteiger partial charge in [0.1, 0.15) is 11.9 Å². The van der Waals surface area contributed by atoms with Crippen LogP contribution in [-0.2, 0) is 22.6 Å². The van der Waals surface area contributed by atoms with Gasteiger partial charge in [-0.1, -0.05) is 18.2 Å². The highest BCUT2D eigenvalue weighted by Gasteiger charge is 2.36. The summed E-state index contributed by atoms with van der Waals surface area (Å²) in [5.41, 5.74) is 2.29. The number of carbonyl (C=O) groups is 3. The molecule has 1 heterocycles. The number of hydrogen-bond acceptors (Lipinski definition) is 3. The number of hydrogen-bond donors (Lipinski definition) is 1. The van der Waals surface area contributed by atoms with E-state index in [0.717, 1.165) is 11.1 Å². The van der Waals surface area contributed by atoms with Crippen LogP contribution in [0.3, 0.4) is 0 Å². The number of rotatable bonds is 3. The van der Waals surface area contributed by atoms with Gasteiger partial charge in [0.2, 0.25) is 11.8 Å². The summed E-state index contributed by atoms with van der Waals surface area (Å²) in [5, 5.41) is 2.71. The second-order valence-corrected chi connectivity index (χ2v) is 7.03. The fourth-order valence-corrected chi connectivity index (χ4v) is 3.39. The zero-order valence-electron chi connectivity index (χ0n) is 16.0. The molecule has 0 aliphatic carbocycles. The molecule has 1 aliphatic rings. The molecule has 1 aliphatic heterocycles. The van der Waals surface area contributed by atoms with Gasteiger partial charge in [-0.15, -0.1) is 0 Å². The van der Waals surface area contributed by atoms with Crippen LogP contribution in [0.4, 0.5) is 10.1 Å². The third kappa shape index (κ3) is 3.88. The van der Waals surface area contributed by atoms with E-state index in [0.29, 0.717) is 12.1 Å². The van der Waals surface area contributed by atoms with Gasteiger partial charge in [-0.3, -0.25) is 14.4 Å². The van der Waals surface area contributed by atoms with Crippen molar-refractivity contribution in [2.75, 3.05) is 19.4 Å². The molecule has 1 atom stereocenters. The number of likely N-dealkylation sites (N-methyl/N-ethyl adjacent to an activating group) is 1. The van der Waals surface area contributed by atoms with Crippen LogP contribution in [0.25, 0.3) is 0 Å². The Balaban J connectivity index is 2.00. The third-order valence-corrected chi connectivity index (χ3v) is 4.75. The smallest absolute Gasteiger partial charge is 0.257 e. The first-order valence-corrected chi connectivity index (χ1v) is 8.94. The second kappa shape index (κ2) is 7.80. The second-order valence-electron chi connectivity index (χ2n) is 7.03. The number of carbonyl (C=O) groups excluding carboxylic acids is 3. The van der Waals surface area contributed by atoms with Gasteiger partial charge in [-0.05, 0) is 35.4 Å². The van der Waals surface area contributed by atoms with Crippen molar-refractivity contribution in [2.24, 2.45) is 0 Å². The van der Waals surface area contributed by atoms with E-state index in [1.54, 1.807) is 32.3 Å². The fraction of sp³-hybridized carbons (Fsp3) is 0.286. The van der Waals surface area contributed by atoms with Crippen molar-refractivity contribution in [3.63, 3.8) is 0 Å². The summed E-state index contributed by atoms with van der Waals surface area (Å²) >= 11 is 0. The van der Waals surface area contributed by atoms with Gasteiger partial charge in [0.25, 0.3) is 5.91 Å². The van der Waals surface area contributed by atoms with Gasteiger partial charge >= 0.3 is 0 Å². The zero-order valence-corrected chi connectivity index (χ0v) is 16.0. The van der Waals surface area contributed by atoms with E-state index in [4.69, 9.17) is 0 Å². The first-order chi connectivity index (χ1) is 13.3. The number of amides is 3. The van der Waals surface area contributed by atoms with Crippen LogP contribution in [0.2, 0.25) is 0 Å². The van der Waals surface area contributed by atoms with Crippen LogP contribution < -0.4 is 5.32 Å². The summed E-state index contributed by atoms with van der Waals surface area (Å²) in [6.07, 6.45) is 0.326. The number of fused-ring (bicyclic) bond motifs is 1. The average molecular weight is 383 g/mol. The minimum absolute atomic E-state index is 0.0690. The topological polar surface area (TPSA) is 69.7 Å². The molecule has 146 valence electrons. The quantitative estimate of drug-likeness (QED) is 0.885. The molecule has 0 unspecified atom stereocenters. The summed E-state index contributed by atoms with van der Waals surface area (Å²) < 4.78 is 14.2. The molecule has 0 saturated heterocycles. The van der Waals surface area contributed by atoms with Crippen molar-refractivity contribution < 1.29 is 18.8 Å². The Morgan fingerprint density at radius 2 is 1.82 bits per heavy atom. The average Bonchev–Trinajstić information content (AvgIpc) is 2.65. The SMILES string of the molecule is CC(=O)Nc1ccc2c(c1)CN(C(=O)c1ccccc1F)[C@@H](C(=O)N(C)C)C2. The number of nitrogens with one attached hydrogen (secondary N) is 1. The van der Waals surface area contributed by atoms with Gasteiger partial charge < -0.3 is 15.1 Å². The molecule has 0 saturated carbocycles. The molecule has 7 heteroatoms. The summed E-state index contributed by atoms with van der Waals surface area (Å²) in [5.74, 6) is -1.58. The molecule has 0 spiro atoms. The molecule has 28 heavy (non-hydrogen) atoms. The molecule has 0 aromatic heterocycles. The molecule has 1 N–H and O–H groups in total. The minimum Gasteiger partial charge on any atom is -0.347 e. The van der Waals surface area contributed by atoms with Crippen LogP contribution in [0, 0.1) is 5.82 Å². The fourth-order valence-electron chi connectivity index (χ4n) is 3.39. The van der Waals surface area contributed by atoms with Crippen molar-refractivity contribution in [1.29, 1.82) is 0 Å². The molecule has 3 amide bonds. The third-order valence-electron chi connectivity index (χ3n) is 4.75. The Hall–Kier alpha value is -3.22. The lowest BCUT2D eigenvalue weighted by molar-refractivity contribution is -0.134. The first kappa shape index (κ1) is 19.5. The van der Waals surface area contributed by atoms with Gasteiger partial charge in [-0.2, -0.15) is 0 Å². The summed E-state index contributed by atoms with van der Waals surface area (Å²) in [4.78, 5) is 40.0. The molecular weight excluding hydrogens is 361 g/mol.